The van der Waals surface area contributed by atoms with Crippen molar-refractivity contribution in [3.63, 3.8) is 0 Å². The van der Waals surface area contributed by atoms with Crippen molar-refractivity contribution < 1.29 is 38.9 Å². The zero-order valence-electron chi connectivity index (χ0n) is 25.0. The second-order valence-electron chi connectivity index (χ2n) is 10.6. The third-order valence-corrected chi connectivity index (χ3v) is 7.18. The van der Waals surface area contributed by atoms with Crippen LogP contribution in [0.15, 0.2) is 133 Å². The molecule has 6 rings (SSSR count). The highest BCUT2D eigenvalue weighted by Crippen LogP contribution is 2.27. The molecule has 0 saturated carbocycles. The van der Waals surface area contributed by atoms with Crippen molar-refractivity contribution in [1.29, 1.82) is 0 Å². The summed E-state index contributed by atoms with van der Waals surface area (Å²) in [6.45, 7) is 0. The number of rotatable bonds is 8. The summed E-state index contributed by atoms with van der Waals surface area (Å²) >= 11 is 0. The van der Waals surface area contributed by atoms with Gasteiger partial charge in [-0.1, -0.05) is 24.3 Å². The molecule has 236 valence electrons. The average molecular weight is 639 g/mol. The maximum absolute atomic E-state index is 12.9. The standard InChI is InChI=1S/C38H26N2O8/c41-31-13-9-29(10-14-31)39-35(43)25-3-1-5-27(19-25)37(45)47-33-17-7-24-22-34(18-8-23(24)21-33)48-38(46)28-6-2-4-26(20-28)36(44)40-30-11-15-32(42)16-12-30/h1-22,41-42H,(H,39,43)(H,40,44). The van der Waals surface area contributed by atoms with Gasteiger partial charge in [-0.25, -0.2) is 9.59 Å². The van der Waals surface area contributed by atoms with E-state index in [0.29, 0.717) is 11.4 Å². The van der Waals surface area contributed by atoms with Gasteiger partial charge in [0.1, 0.15) is 23.0 Å². The maximum atomic E-state index is 12.9. The molecule has 0 radical (unpaired) electrons. The van der Waals surface area contributed by atoms with Crippen molar-refractivity contribution in [1.82, 2.24) is 0 Å². The first-order valence-electron chi connectivity index (χ1n) is 14.6. The third kappa shape index (κ3) is 7.47. The van der Waals surface area contributed by atoms with E-state index in [-0.39, 0.29) is 45.3 Å². The van der Waals surface area contributed by atoms with Gasteiger partial charge in [0.15, 0.2) is 0 Å². The van der Waals surface area contributed by atoms with Crippen molar-refractivity contribution in [2.24, 2.45) is 0 Å². The SMILES string of the molecule is O=C(Nc1ccc(O)cc1)c1cccc(C(=O)Oc2ccc3cc(OC(=O)c4cccc(C(=O)Nc5ccc(O)cc5)c4)ccc3c2)c1. The Hall–Kier alpha value is -6.94. The molecule has 0 aliphatic carbocycles. The number of carbonyl (C=O) groups excluding carboxylic acids is 4. The van der Waals surface area contributed by atoms with Gasteiger partial charge in [0.25, 0.3) is 11.8 Å². The molecule has 0 atom stereocenters. The van der Waals surface area contributed by atoms with Gasteiger partial charge < -0.3 is 30.3 Å². The van der Waals surface area contributed by atoms with E-state index in [2.05, 4.69) is 10.6 Å². The van der Waals surface area contributed by atoms with E-state index in [1.165, 1.54) is 36.4 Å². The van der Waals surface area contributed by atoms with Gasteiger partial charge in [0.2, 0.25) is 0 Å². The Morgan fingerprint density at radius 3 is 1.21 bits per heavy atom. The number of hydrogen-bond donors (Lipinski definition) is 4. The van der Waals surface area contributed by atoms with Gasteiger partial charge in [-0.3, -0.25) is 9.59 Å². The summed E-state index contributed by atoms with van der Waals surface area (Å²) in [5, 5.41) is 25.7. The minimum absolute atomic E-state index is 0.0740. The lowest BCUT2D eigenvalue weighted by Crippen LogP contribution is -2.14. The highest BCUT2D eigenvalue weighted by molar-refractivity contribution is 6.06. The van der Waals surface area contributed by atoms with Gasteiger partial charge >= 0.3 is 11.9 Å². The molecule has 6 aromatic carbocycles. The maximum Gasteiger partial charge on any atom is 0.343 e. The molecule has 10 nitrogen and oxygen atoms in total. The fourth-order valence-electron chi connectivity index (χ4n) is 4.73. The molecule has 0 aromatic heterocycles. The Bertz CT molecular complexity index is 2020. The van der Waals surface area contributed by atoms with E-state index in [0.717, 1.165) is 10.8 Å². The zero-order chi connectivity index (χ0) is 33.6. The first-order chi connectivity index (χ1) is 23.2. The number of phenolic OH excluding ortho intramolecular Hbond substituents is 2. The monoisotopic (exact) mass is 638 g/mol. The van der Waals surface area contributed by atoms with Crippen LogP contribution >= 0.6 is 0 Å². The van der Waals surface area contributed by atoms with Crippen LogP contribution in [0.5, 0.6) is 23.0 Å². The van der Waals surface area contributed by atoms with Crippen LogP contribution in [-0.4, -0.2) is 34.0 Å². The molecule has 2 amide bonds. The van der Waals surface area contributed by atoms with Crippen molar-refractivity contribution in [3.8, 4) is 23.0 Å². The lowest BCUT2D eigenvalue weighted by molar-refractivity contribution is 0.0724. The largest absolute Gasteiger partial charge is 0.508 e. The van der Waals surface area contributed by atoms with E-state index in [4.69, 9.17) is 9.47 Å². The molecule has 0 fully saturated rings. The molecule has 0 unspecified atom stereocenters. The number of amides is 2. The Morgan fingerprint density at radius 2 is 0.812 bits per heavy atom. The molecular weight excluding hydrogens is 612 g/mol. The molecule has 0 aliphatic heterocycles. The number of aromatic hydroxyl groups is 2. The Morgan fingerprint density at radius 1 is 0.438 bits per heavy atom. The summed E-state index contributed by atoms with van der Waals surface area (Å²) < 4.78 is 11.1. The van der Waals surface area contributed by atoms with Gasteiger partial charge in [-0.2, -0.15) is 0 Å². The van der Waals surface area contributed by atoms with Crippen LogP contribution in [0.2, 0.25) is 0 Å². The molecule has 0 saturated heterocycles. The molecule has 0 spiro atoms. The fraction of sp³-hybridized carbons (Fsp3) is 0. The van der Waals surface area contributed by atoms with Crippen molar-refractivity contribution in [2.75, 3.05) is 10.6 Å². The van der Waals surface area contributed by atoms with E-state index >= 15 is 0 Å². The van der Waals surface area contributed by atoms with Crippen molar-refractivity contribution >= 4 is 45.9 Å². The van der Waals surface area contributed by atoms with Gasteiger partial charge in [0.05, 0.1) is 11.1 Å². The first-order valence-corrected chi connectivity index (χ1v) is 14.6. The predicted molar refractivity (Wildman–Crippen MR) is 179 cm³/mol. The summed E-state index contributed by atoms with van der Waals surface area (Å²) in [6.07, 6.45) is 0. The summed E-state index contributed by atoms with van der Waals surface area (Å²) in [6, 6.07) is 34.2. The fourth-order valence-corrected chi connectivity index (χ4v) is 4.73. The molecule has 0 bridgehead atoms. The van der Waals surface area contributed by atoms with Crippen LogP contribution in [0.25, 0.3) is 10.8 Å². The number of nitrogens with one attached hydrogen (secondary N) is 2. The van der Waals surface area contributed by atoms with Crippen molar-refractivity contribution in [2.45, 2.75) is 0 Å². The highest BCUT2D eigenvalue weighted by Gasteiger charge is 2.15. The zero-order valence-corrected chi connectivity index (χ0v) is 25.0. The number of carbonyl (C=O) groups is 4. The first kappa shape index (κ1) is 31.1. The van der Waals surface area contributed by atoms with Crippen LogP contribution in [-0.2, 0) is 0 Å². The highest BCUT2D eigenvalue weighted by atomic mass is 16.5. The van der Waals surface area contributed by atoms with Crippen molar-refractivity contribution in [3.05, 3.63) is 156 Å². The summed E-state index contributed by atoms with van der Waals surface area (Å²) in [7, 11) is 0. The van der Waals surface area contributed by atoms with E-state index < -0.39 is 23.8 Å². The number of esters is 2. The van der Waals surface area contributed by atoms with Gasteiger partial charge in [-0.15, -0.1) is 0 Å². The smallest absolute Gasteiger partial charge is 0.343 e. The molecule has 48 heavy (non-hydrogen) atoms. The normalized spacial score (nSPS) is 10.6. The van der Waals surface area contributed by atoms with Crippen LogP contribution in [0.3, 0.4) is 0 Å². The molecule has 0 aliphatic rings. The molecule has 4 N–H and O–H groups in total. The minimum Gasteiger partial charge on any atom is -0.508 e. The quantitative estimate of drug-likeness (QED) is 0.0777. The van der Waals surface area contributed by atoms with Gasteiger partial charge in [0, 0.05) is 22.5 Å². The van der Waals surface area contributed by atoms with E-state index in [1.54, 1.807) is 97.1 Å². The number of hydrogen-bond acceptors (Lipinski definition) is 8. The Labute approximate surface area is 273 Å². The number of ether oxygens (including phenoxy) is 2. The average Bonchev–Trinajstić information content (AvgIpc) is 3.10. The molecular formula is C38H26N2O8. The lowest BCUT2D eigenvalue weighted by Gasteiger charge is -2.10. The Balaban J connectivity index is 1.09. The number of fused-ring (bicyclic) bond motifs is 1. The van der Waals surface area contributed by atoms with Crippen LogP contribution < -0.4 is 20.1 Å². The summed E-state index contributed by atoms with van der Waals surface area (Å²) in [5.41, 5.74) is 1.84. The number of benzene rings is 6. The Kier molecular flexibility index (Phi) is 8.79. The lowest BCUT2D eigenvalue weighted by atomic mass is 10.1. The summed E-state index contributed by atoms with van der Waals surface area (Å²) in [5.74, 6) is -1.47. The van der Waals surface area contributed by atoms with Crippen LogP contribution in [0.1, 0.15) is 41.4 Å². The number of phenols is 2. The second-order valence-corrected chi connectivity index (χ2v) is 10.6. The topological polar surface area (TPSA) is 151 Å². The molecule has 10 heteroatoms. The summed E-state index contributed by atoms with van der Waals surface area (Å²) in [4.78, 5) is 51.2. The van der Waals surface area contributed by atoms with E-state index in [1.807, 2.05) is 0 Å². The van der Waals surface area contributed by atoms with Crippen LogP contribution in [0, 0.1) is 0 Å². The van der Waals surface area contributed by atoms with E-state index in [9.17, 15) is 29.4 Å². The van der Waals surface area contributed by atoms with Crippen LogP contribution in [0.4, 0.5) is 11.4 Å². The number of anilines is 2. The third-order valence-electron chi connectivity index (χ3n) is 7.18. The minimum atomic E-state index is -0.654. The predicted octanol–water partition coefficient (Wildman–Crippen LogP) is 7.19. The second kappa shape index (κ2) is 13.6. The molecule has 6 aromatic rings. The molecule has 0 heterocycles. The van der Waals surface area contributed by atoms with Gasteiger partial charge in [-0.05, 0) is 120 Å².